The van der Waals surface area contributed by atoms with E-state index in [9.17, 15) is 5.11 Å². The molecule has 0 radical (unpaired) electrons. The van der Waals surface area contributed by atoms with Gasteiger partial charge in [0.2, 0.25) is 0 Å². The van der Waals surface area contributed by atoms with Crippen molar-refractivity contribution in [2.75, 3.05) is 24.2 Å². The van der Waals surface area contributed by atoms with Gasteiger partial charge in [-0.1, -0.05) is 6.92 Å². The number of aliphatic hydroxyl groups is 2. The Morgan fingerprint density at radius 2 is 2.05 bits per heavy atom. The summed E-state index contributed by atoms with van der Waals surface area (Å²) in [6.45, 7) is 6.69. The van der Waals surface area contributed by atoms with Crippen molar-refractivity contribution >= 4 is 17.6 Å². The highest BCUT2D eigenvalue weighted by atomic mass is 32.2. The lowest BCUT2D eigenvalue weighted by Gasteiger charge is -2.13. The number of thioether (sulfide) groups is 1. The van der Waals surface area contributed by atoms with Gasteiger partial charge in [-0.25, -0.2) is 9.97 Å². The van der Waals surface area contributed by atoms with Crippen LogP contribution in [-0.2, 0) is 6.42 Å². The minimum absolute atomic E-state index is 0.223. The van der Waals surface area contributed by atoms with Crippen molar-refractivity contribution in [3.8, 4) is 0 Å². The molecule has 1 atom stereocenters. The number of nitrogens with one attached hydrogen (secondary N) is 1. The molecule has 3 N–H and O–H groups in total. The summed E-state index contributed by atoms with van der Waals surface area (Å²) in [5, 5.41) is 22.4. The maximum atomic E-state index is 9.43. The fraction of sp³-hybridized carbons (Fsp3) is 0.692. The highest BCUT2D eigenvalue weighted by molar-refractivity contribution is 7.99. The second-order valence-electron chi connectivity index (χ2n) is 4.35. The Morgan fingerprint density at radius 3 is 2.63 bits per heavy atom. The predicted molar refractivity (Wildman–Crippen MR) is 78.7 cm³/mol. The van der Waals surface area contributed by atoms with Crippen LogP contribution < -0.4 is 5.32 Å². The van der Waals surface area contributed by atoms with Gasteiger partial charge in [0.15, 0.2) is 0 Å². The van der Waals surface area contributed by atoms with Crippen molar-refractivity contribution in [1.82, 2.24) is 9.97 Å². The zero-order chi connectivity index (χ0) is 14.3. The lowest BCUT2D eigenvalue weighted by Crippen LogP contribution is -2.15. The van der Waals surface area contributed by atoms with Crippen LogP contribution in [0.2, 0.25) is 0 Å². The van der Waals surface area contributed by atoms with Gasteiger partial charge < -0.3 is 15.5 Å². The third-order valence-electron chi connectivity index (χ3n) is 2.59. The van der Waals surface area contributed by atoms with E-state index in [1.807, 2.05) is 13.8 Å². The highest BCUT2D eigenvalue weighted by Crippen LogP contribution is 2.25. The molecule has 0 spiro atoms. The maximum absolute atomic E-state index is 9.43. The van der Waals surface area contributed by atoms with Gasteiger partial charge in [-0.05, 0) is 20.3 Å². The Labute approximate surface area is 118 Å². The predicted octanol–water partition coefficient (Wildman–Crippen LogP) is 1.61. The molecule has 108 valence electrons. The van der Waals surface area contributed by atoms with Crippen LogP contribution in [0.15, 0.2) is 5.03 Å². The number of hydrogen-bond donors (Lipinski definition) is 3. The highest BCUT2D eigenvalue weighted by Gasteiger charge is 2.12. The topological polar surface area (TPSA) is 78.3 Å². The number of nitrogens with zero attached hydrogens (tertiary/aromatic N) is 2. The van der Waals surface area contributed by atoms with Crippen molar-refractivity contribution in [3.05, 3.63) is 11.4 Å². The SMILES string of the molecule is CCCc1nc(NCC)c(C)c(SCC(O)CO)n1. The summed E-state index contributed by atoms with van der Waals surface area (Å²) in [7, 11) is 0. The van der Waals surface area contributed by atoms with Crippen molar-refractivity contribution < 1.29 is 10.2 Å². The first-order valence-electron chi connectivity index (χ1n) is 6.65. The fourth-order valence-corrected chi connectivity index (χ4v) is 2.52. The van der Waals surface area contributed by atoms with Crippen molar-refractivity contribution in [3.63, 3.8) is 0 Å². The molecule has 1 heterocycles. The van der Waals surface area contributed by atoms with Crippen LogP contribution in [0.4, 0.5) is 5.82 Å². The molecule has 6 heteroatoms. The maximum Gasteiger partial charge on any atom is 0.133 e. The van der Waals surface area contributed by atoms with Gasteiger partial charge in [-0.3, -0.25) is 0 Å². The first kappa shape index (κ1) is 16.2. The molecule has 1 rings (SSSR count). The van der Waals surface area contributed by atoms with E-state index in [4.69, 9.17) is 5.11 Å². The summed E-state index contributed by atoms with van der Waals surface area (Å²) in [6, 6.07) is 0. The molecular formula is C13H23N3O2S. The number of anilines is 1. The smallest absolute Gasteiger partial charge is 0.133 e. The summed E-state index contributed by atoms with van der Waals surface area (Å²) < 4.78 is 0. The van der Waals surface area contributed by atoms with Gasteiger partial charge in [-0.15, -0.1) is 11.8 Å². The van der Waals surface area contributed by atoms with Crippen LogP contribution in [0.25, 0.3) is 0 Å². The van der Waals surface area contributed by atoms with Gasteiger partial charge in [-0.2, -0.15) is 0 Å². The molecule has 1 aromatic rings. The number of aliphatic hydroxyl groups excluding tert-OH is 2. The molecule has 0 saturated heterocycles. The van der Waals surface area contributed by atoms with Crippen LogP contribution in [0.3, 0.4) is 0 Å². The molecule has 1 unspecified atom stereocenters. The fourth-order valence-electron chi connectivity index (χ4n) is 1.58. The summed E-state index contributed by atoms with van der Waals surface area (Å²) in [5.74, 6) is 2.12. The summed E-state index contributed by atoms with van der Waals surface area (Å²) in [5.41, 5.74) is 0.997. The number of rotatable bonds is 8. The number of aryl methyl sites for hydroxylation is 1. The quantitative estimate of drug-likeness (QED) is 0.497. The van der Waals surface area contributed by atoms with E-state index < -0.39 is 6.10 Å². The summed E-state index contributed by atoms with van der Waals surface area (Å²) in [4.78, 5) is 9.04. The Kier molecular flexibility index (Phi) is 7.12. The Hall–Kier alpha value is -0.850. The van der Waals surface area contributed by atoms with Crippen molar-refractivity contribution in [1.29, 1.82) is 0 Å². The van der Waals surface area contributed by atoms with E-state index in [2.05, 4.69) is 22.2 Å². The van der Waals surface area contributed by atoms with E-state index in [0.29, 0.717) is 5.75 Å². The monoisotopic (exact) mass is 285 g/mol. The number of aromatic nitrogens is 2. The first-order valence-corrected chi connectivity index (χ1v) is 7.64. The third kappa shape index (κ3) is 4.97. The molecular weight excluding hydrogens is 262 g/mol. The normalized spacial score (nSPS) is 12.5. The molecule has 0 bridgehead atoms. The third-order valence-corrected chi connectivity index (χ3v) is 3.81. The Bertz CT molecular complexity index is 402. The minimum Gasteiger partial charge on any atom is -0.394 e. The van der Waals surface area contributed by atoms with E-state index in [1.165, 1.54) is 11.8 Å². The Balaban J connectivity index is 2.92. The molecule has 0 saturated carbocycles. The second-order valence-corrected chi connectivity index (χ2v) is 5.36. The van der Waals surface area contributed by atoms with Gasteiger partial charge in [0, 0.05) is 24.3 Å². The van der Waals surface area contributed by atoms with Crippen molar-refractivity contribution in [2.24, 2.45) is 0 Å². The standard InChI is InChI=1S/C13H23N3O2S/c1-4-6-11-15-12(14-5-2)9(3)13(16-11)19-8-10(18)7-17/h10,17-18H,4-8H2,1-3H3,(H,14,15,16). The average Bonchev–Trinajstić information content (AvgIpc) is 2.40. The molecule has 0 aromatic carbocycles. The van der Waals surface area contributed by atoms with Gasteiger partial charge in [0.25, 0.3) is 0 Å². The molecule has 0 aliphatic rings. The lowest BCUT2D eigenvalue weighted by molar-refractivity contribution is 0.113. The van der Waals surface area contributed by atoms with Gasteiger partial charge >= 0.3 is 0 Å². The molecule has 5 nitrogen and oxygen atoms in total. The minimum atomic E-state index is -0.712. The van der Waals surface area contributed by atoms with E-state index in [-0.39, 0.29) is 6.61 Å². The van der Waals surface area contributed by atoms with Crippen LogP contribution in [-0.4, -0.2) is 45.2 Å². The second kappa shape index (κ2) is 8.35. The van der Waals surface area contributed by atoms with Gasteiger partial charge in [0.05, 0.1) is 12.7 Å². The van der Waals surface area contributed by atoms with Gasteiger partial charge in [0.1, 0.15) is 16.7 Å². The molecule has 0 fully saturated rings. The largest absolute Gasteiger partial charge is 0.394 e. The zero-order valence-electron chi connectivity index (χ0n) is 11.8. The molecule has 0 amide bonds. The van der Waals surface area contributed by atoms with Crippen LogP contribution in [0, 0.1) is 6.92 Å². The van der Waals surface area contributed by atoms with Crippen LogP contribution in [0.5, 0.6) is 0 Å². The molecule has 19 heavy (non-hydrogen) atoms. The van der Waals surface area contributed by atoms with E-state index in [0.717, 1.165) is 41.6 Å². The van der Waals surface area contributed by atoms with E-state index >= 15 is 0 Å². The van der Waals surface area contributed by atoms with Crippen molar-refractivity contribution in [2.45, 2.75) is 44.7 Å². The summed E-state index contributed by atoms with van der Waals surface area (Å²) >= 11 is 1.46. The zero-order valence-corrected chi connectivity index (χ0v) is 12.6. The molecule has 1 aromatic heterocycles. The molecule has 0 aliphatic carbocycles. The average molecular weight is 285 g/mol. The first-order chi connectivity index (χ1) is 9.12. The van der Waals surface area contributed by atoms with Crippen LogP contribution >= 0.6 is 11.8 Å². The lowest BCUT2D eigenvalue weighted by atomic mass is 10.3. The summed E-state index contributed by atoms with van der Waals surface area (Å²) in [6.07, 6.45) is 1.13. The van der Waals surface area contributed by atoms with E-state index in [1.54, 1.807) is 0 Å². The van der Waals surface area contributed by atoms with Crippen LogP contribution in [0.1, 0.15) is 31.7 Å². The Morgan fingerprint density at radius 1 is 1.32 bits per heavy atom. The number of hydrogen-bond acceptors (Lipinski definition) is 6. The molecule has 0 aliphatic heterocycles.